The Labute approximate surface area is 124 Å². The van der Waals surface area contributed by atoms with Crippen LogP contribution in [0.25, 0.3) is 0 Å². The summed E-state index contributed by atoms with van der Waals surface area (Å²) in [5.41, 5.74) is 0.261. The monoisotopic (exact) mass is 294 g/mol. The van der Waals surface area contributed by atoms with Crippen molar-refractivity contribution < 1.29 is 24.2 Å². The predicted octanol–water partition coefficient (Wildman–Crippen LogP) is 2.43. The van der Waals surface area contributed by atoms with Crippen LogP contribution in [0.2, 0.25) is 0 Å². The number of hydrogen-bond acceptors (Lipinski definition) is 5. The summed E-state index contributed by atoms with van der Waals surface area (Å²) in [6.07, 6.45) is -0.192. The topological polar surface area (TPSA) is 72.8 Å². The maximum Gasteiger partial charge on any atom is 0.338 e. The van der Waals surface area contributed by atoms with Crippen LogP contribution in [-0.2, 0) is 9.47 Å². The first kappa shape index (κ1) is 17.2. The van der Waals surface area contributed by atoms with Crippen LogP contribution in [-0.4, -0.2) is 36.4 Å². The molecule has 116 valence electrons. The standard InChI is InChI=1S/C16H22O5/c1-11(2)21-15(19)13-7-5-12(6-8-13)14(18)20-10-16(3,4)9-17/h5-8,11,17H,9-10H2,1-4H3. The molecule has 5 nitrogen and oxygen atoms in total. The van der Waals surface area contributed by atoms with E-state index in [9.17, 15) is 9.59 Å². The van der Waals surface area contributed by atoms with E-state index in [-0.39, 0.29) is 19.3 Å². The molecule has 0 saturated carbocycles. The molecule has 1 aromatic carbocycles. The second-order valence-corrected chi connectivity index (χ2v) is 5.93. The third-order valence-corrected chi connectivity index (χ3v) is 2.72. The van der Waals surface area contributed by atoms with Gasteiger partial charge in [0, 0.05) is 5.41 Å². The van der Waals surface area contributed by atoms with Crippen molar-refractivity contribution in [3.05, 3.63) is 35.4 Å². The highest BCUT2D eigenvalue weighted by molar-refractivity contribution is 5.93. The third kappa shape index (κ3) is 5.55. The quantitative estimate of drug-likeness (QED) is 0.816. The van der Waals surface area contributed by atoms with E-state index in [1.165, 1.54) is 24.3 Å². The molecule has 1 rings (SSSR count). The molecular formula is C16H22O5. The van der Waals surface area contributed by atoms with Crippen LogP contribution in [0.15, 0.2) is 24.3 Å². The lowest BCUT2D eigenvalue weighted by molar-refractivity contribution is 0.0217. The minimum absolute atomic E-state index is 0.0692. The Bertz CT molecular complexity index is 488. The van der Waals surface area contributed by atoms with Crippen molar-refractivity contribution in [3.8, 4) is 0 Å². The molecule has 0 aliphatic heterocycles. The van der Waals surface area contributed by atoms with Gasteiger partial charge in [-0.05, 0) is 38.1 Å². The van der Waals surface area contributed by atoms with Crippen molar-refractivity contribution in [2.24, 2.45) is 5.41 Å². The zero-order chi connectivity index (χ0) is 16.0. The zero-order valence-electron chi connectivity index (χ0n) is 12.9. The van der Waals surface area contributed by atoms with Gasteiger partial charge in [0.05, 0.1) is 30.4 Å². The first-order valence-electron chi connectivity index (χ1n) is 6.84. The third-order valence-electron chi connectivity index (χ3n) is 2.72. The maximum absolute atomic E-state index is 11.8. The largest absolute Gasteiger partial charge is 0.461 e. The number of carbonyl (C=O) groups excluding carboxylic acids is 2. The van der Waals surface area contributed by atoms with Crippen molar-refractivity contribution in [2.45, 2.75) is 33.8 Å². The summed E-state index contributed by atoms with van der Waals surface area (Å²) in [5.74, 6) is -0.911. The van der Waals surface area contributed by atoms with Crippen LogP contribution in [0.4, 0.5) is 0 Å². The predicted molar refractivity (Wildman–Crippen MR) is 78.1 cm³/mol. The highest BCUT2D eigenvalue weighted by Crippen LogP contribution is 2.15. The van der Waals surface area contributed by atoms with E-state index < -0.39 is 17.4 Å². The molecule has 0 radical (unpaired) electrons. The first-order chi connectivity index (χ1) is 9.75. The van der Waals surface area contributed by atoms with Gasteiger partial charge in [0.2, 0.25) is 0 Å². The van der Waals surface area contributed by atoms with Gasteiger partial charge in [-0.1, -0.05) is 13.8 Å². The second-order valence-electron chi connectivity index (χ2n) is 5.93. The van der Waals surface area contributed by atoms with E-state index in [2.05, 4.69) is 0 Å². The zero-order valence-corrected chi connectivity index (χ0v) is 12.9. The molecule has 5 heteroatoms. The smallest absolute Gasteiger partial charge is 0.338 e. The maximum atomic E-state index is 11.8. The van der Waals surface area contributed by atoms with Gasteiger partial charge in [0.1, 0.15) is 0 Å². The minimum Gasteiger partial charge on any atom is -0.461 e. The van der Waals surface area contributed by atoms with E-state index in [1.807, 2.05) is 0 Å². The van der Waals surface area contributed by atoms with E-state index in [0.717, 1.165) is 0 Å². The Morgan fingerprint density at radius 1 is 1.10 bits per heavy atom. The lowest BCUT2D eigenvalue weighted by Gasteiger charge is -2.20. The van der Waals surface area contributed by atoms with Gasteiger partial charge >= 0.3 is 11.9 Å². The van der Waals surface area contributed by atoms with Gasteiger partial charge in [-0.15, -0.1) is 0 Å². The summed E-state index contributed by atoms with van der Waals surface area (Å²) in [5, 5.41) is 9.10. The summed E-state index contributed by atoms with van der Waals surface area (Å²) < 4.78 is 10.2. The Morgan fingerprint density at radius 3 is 2.00 bits per heavy atom. The van der Waals surface area contributed by atoms with Crippen LogP contribution < -0.4 is 0 Å². The second kappa shape index (κ2) is 7.22. The molecule has 0 saturated heterocycles. The van der Waals surface area contributed by atoms with Gasteiger partial charge < -0.3 is 14.6 Å². The van der Waals surface area contributed by atoms with Crippen LogP contribution in [0.3, 0.4) is 0 Å². The summed E-state index contributed by atoms with van der Waals surface area (Å²) in [7, 11) is 0. The number of rotatable bonds is 6. The molecule has 0 amide bonds. The van der Waals surface area contributed by atoms with Gasteiger partial charge in [-0.25, -0.2) is 9.59 Å². The lowest BCUT2D eigenvalue weighted by Crippen LogP contribution is -2.25. The number of ether oxygens (including phenoxy) is 2. The normalized spacial score (nSPS) is 11.3. The molecule has 0 fully saturated rings. The van der Waals surface area contributed by atoms with Gasteiger partial charge in [-0.3, -0.25) is 0 Å². The van der Waals surface area contributed by atoms with Crippen LogP contribution >= 0.6 is 0 Å². The molecular weight excluding hydrogens is 272 g/mol. The lowest BCUT2D eigenvalue weighted by atomic mass is 9.96. The molecule has 0 aliphatic carbocycles. The SMILES string of the molecule is CC(C)OC(=O)c1ccc(C(=O)OCC(C)(C)CO)cc1. The van der Waals surface area contributed by atoms with Crippen molar-refractivity contribution in [2.75, 3.05) is 13.2 Å². The van der Waals surface area contributed by atoms with E-state index in [1.54, 1.807) is 27.7 Å². The van der Waals surface area contributed by atoms with Crippen molar-refractivity contribution in [1.29, 1.82) is 0 Å². The van der Waals surface area contributed by atoms with Crippen molar-refractivity contribution in [1.82, 2.24) is 0 Å². The molecule has 0 heterocycles. The van der Waals surface area contributed by atoms with E-state index >= 15 is 0 Å². The Balaban J connectivity index is 2.65. The summed E-state index contributed by atoms with van der Waals surface area (Å²) in [6, 6.07) is 6.09. The van der Waals surface area contributed by atoms with E-state index in [0.29, 0.717) is 11.1 Å². The highest BCUT2D eigenvalue weighted by Gasteiger charge is 2.20. The average molecular weight is 294 g/mol. The molecule has 0 bridgehead atoms. The fraction of sp³-hybridized carbons (Fsp3) is 0.500. The summed E-state index contributed by atoms with van der Waals surface area (Å²) in [4.78, 5) is 23.5. The Morgan fingerprint density at radius 2 is 1.57 bits per heavy atom. The average Bonchev–Trinajstić information content (AvgIpc) is 2.44. The Kier molecular flexibility index (Phi) is 5.90. The van der Waals surface area contributed by atoms with Crippen molar-refractivity contribution >= 4 is 11.9 Å². The molecule has 0 atom stereocenters. The number of esters is 2. The van der Waals surface area contributed by atoms with Gasteiger partial charge in [0.25, 0.3) is 0 Å². The molecule has 1 aromatic rings. The van der Waals surface area contributed by atoms with Crippen LogP contribution in [0.5, 0.6) is 0 Å². The molecule has 0 aromatic heterocycles. The fourth-order valence-electron chi connectivity index (χ4n) is 1.41. The molecule has 21 heavy (non-hydrogen) atoms. The van der Waals surface area contributed by atoms with Crippen molar-refractivity contribution in [3.63, 3.8) is 0 Å². The van der Waals surface area contributed by atoms with Crippen LogP contribution in [0, 0.1) is 5.41 Å². The van der Waals surface area contributed by atoms with Gasteiger partial charge in [-0.2, -0.15) is 0 Å². The highest BCUT2D eigenvalue weighted by atomic mass is 16.5. The van der Waals surface area contributed by atoms with E-state index in [4.69, 9.17) is 14.6 Å². The fourth-order valence-corrected chi connectivity index (χ4v) is 1.41. The van der Waals surface area contributed by atoms with Gasteiger partial charge in [0.15, 0.2) is 0 Å². The number of carbonyl (C=O) groups is 2. The molecule has 1 N–H and O–H groups in total. The summed E-state index contributed by atoms with van der Waals surface area (Å²) in [6.45, 7) is 7.19. The van der Waals surface area contributed by atoms with Crippen LogP contribution in [0.1, 0.15) is 48.4 Å². The number of aliphatic hydroxyl groups is 1. The molecule has 0 unspecified atom stereocenters. The number of aliphatic hydroxyl groups excluding tert-OH is 1. The summed E-state index contributed by atoms with van der Waals surface area (Å²) >= 11 is 0. The minimum atomic E-state index is -0.486. The first-order valence-corrected chi connectivity index (χ1v) is 6.84. The molecule has 0 spiro atoms. The number of hydrogen-bond donors (Lipinski definition) is 1. The molecule has 0 aliphatic rings. The number of benzene rings is 1. The Hall–Kier alpha value is -1.88.